The number of nitrogens with two attached hydrogens (primary N) is 1. The van der Waals surface area contributed by atoms with Crippen molar-refractivity contribution in [3.05, 3.63) is 6.33 Å². The molecule has 2 heterocycles. The number of anilines is 2. The van der Waals surface area contributed by atoms with Crippen molar-refractivity contribution in [2.24, 2.45) is 5.84 Å². The Balaban J connectivity index is 1.80. The van der Waals surface area contributed by atoms with Gasteiger partial charge in [0.1, 0.15) is 6.33 Å². The molecule has 1 aromatic rings. The molecule has 1 saturated heterocycles. The zero-order valence-corrected chi connectivity index (χ0v) is 12.9. The topological polar surface area (TPSA) is 88.3 Å². The molecule has 7 nitrogen and oxygen atoms in total. The van der Waals surface area contributed by atoms with Crippen LogP contribution in [-0.2, 0) is 0 Å². The molecule has 0 amide bonds. The predicted molar refractivity (Wildman–Crippen MR) is 84.4 cm³/mol. The lowest BCUT2D eigenvalue weighted by Gasteiger charge is -2.33. The summed E-state index contributed by atoms with van der Waals surface area (Å²) < 4.78 is 5.29. The van der Waals surface area contributed by atoms with Crippen molar-refractivity contribution in [2.75, 3.05) is 37.5 Å². The van der Waals surface area contributed by atoms with Crippen LogP contribution in [0.2, 0.25) is 0 Å². The molecular formula is C14H26N6O. The average Bonchev–Trinajstić information content (AvgIpc) is 2.52. The fourth-order valence-corrected chi connectivity index (χ4v) is 2.77. The lowest BCUT2D eigenvalue weighted by atomic mass is 10.0. The highest BCUT2D eigenvalue weighted by Gasteiger charge is 2.17. The van der Waals surface area contributed by atoms with E-state index in [1.165, 1.54) is 32.1 Å². The number of hydrogen-bond donors (Lipinski definition) is 3. The third-order valence-electron chi connectivity index (χ3n) is 4.00. The zero-order valence-electron chi connectivity index (χ0n) is 12.9. The number of hydrogen-bond acceptors (Lipinski definition) is 7. The number of rotatable bonds is 7. The van der Waals surface area contributed by atoms with Gasteiger partial charge in [0.25, 0.3) is 0 Å². The maximum Gasteiger partial charge on any atom is 0.205 e. The number of methoxy groups -OCH3 is 1. The maximum absolute atomic E-state index is 5.41. The smallest absolute Gasteiger partial charge is 0.205 e. The summed E-state index contributed by atoms with van der Waals surface area (Å²) in [5.41, 5.74) is 2.51. The van der Waals surface area contributed by atoms with E-state index in [1.54, 1.807) is 7.11 Å². The lowest BCUT2D eigenvalue weighted by Crippen LogP contribution is -2.38. The van der Waals surface area contributed by atoms with Gasteiger partial charge in [-0.1, -0.05) is 6.42 Å². The van der Waals surface area contributed by atoms with Crippen LogP contribution in [0.5, 0.6) is 5.75 Å². The molecule has 0 bridgehead atoms. The molecule has 1 atom stereocenters. The van der Waals surface area contributed by atoms with Crippen LogP contribution in [0.1, 0.15) is 32.6 Å². The van der Waals surface area contributed by atoms with E-state index in [2.05, 4.69) is 32.5 Å². The summed E-state index contributed by atoms with van der Waals surface area (Å²) in [7, 11) is 1.58. The molecule has 21 heavy (non-hydrogen) atoms. The van der Waals surface area contributed by atoms with Gasteiger partial charge < -0.3 is 20.4 Å². The Labute approximate surface area is 126 Å². The summed E-state index contributed by atoms with van der Waals surface area (Å²) in [5, 5.41) is 3.29. The highest BCUT2D eigenvalue weighted by molar-refractivity contribution is 5.62. The first-order valence-electron chi connectivity index (χ1n) is 7.59. The molecule has 2 rings (SSSR count). The third-order valence-corrected chi connectivity index (χ3v) is 4.00. The van der Waals surface area contributed by atoms with E-state index >= 15 is 0 Å². The van der Waals surface area contributed by atoms with E-state index < -0.39 is 0 Å². The lowest BCUT2D eigenvalue weighted by molar-refractivity contribution is 0.160. The molecule has 1 aromatic heterocycles. The van der Waals surface area contributed by atoms with E-state index in [9.17, 15) is 0 Å². The fourth-order valence-electron chi connectivity index (χ4n) is 2.77. The van der Waals surface area contributed by atoms with Crippen LogP contribution in [0.15, 0.2) is 6.33 Å². The van der Waals surface area contributed by atoms with Crippen molar-refractivity contribution in [1.29, 1.82) is 0 Å². The molecule has 0 aromatic carbocycles. The van der Waals surface area contributed by atoms with Gasteiger partial charge in [0.2, 0.25) is 5.75 Å². The Hall–Kier alpha value is -1.60. The fraction of sp³-hybridized carbons (Fsp3) is 0.714. The number of piperidine rings is 1. The highest BCUT2D eigenvalue weighted by Crippen LogP contribution is 2.27. The van der Waals surface area contributed by atoms with E-state index in [1.807, 2.05) is 0 Å². The molecule has 1 fully saturated rings. The Kier molecular flexibility index (Phi) is 6.01. The van der Waals surface area contributed by atoms with Crippen molar-refractivity contribution < 1.29 is 4.74 Å². The van der Waals surface area contributed by atoms with Gasteiger partial charge in [0.15, 0.2) is 11.6 Å². The monoisotopic (exact) mass is 294 g/mol. The number of likely N-dealkylation sites (tertiary alicyclic amines) is 1. The van der Waals surface area contributed by atoms with Crippen molar-refractivity contribution in [3.63, 3.8) is 0 Å². The van der Waals surface area contributed by atoms with Gasteiger partial charge in [-0.05, 0) is 32.7 Å². The van der Waals surface area contributed by atoms with E-state index in [4.69, 9.17) is 10.6 Å². The first-order valence-corrected chi connectivity index (χ1v) is 7.59. The summed E-state index contributed by atoms with van der Waals surface area (Å²) >= 11 is 0. The van der Waals surface area contributed by atoms with Crippen LogP contribution in [-0.4, -0.2) is 47.7 Å². The number of nitrogens with one attached hydrogen (secondary N) is 2. The summed E-state index contributed by atoms with van der Waals surface area (Å²) in [6.45, 7) is 5.50. The number of hydrazine groups is 1. The predicted octanol–water partition coefficient (Wildman–Crippen LogP) is 1.45. The first-order chi connectivity index (χ1) is 10.3. The second-order valence-corrected chi connectivity index (χ2v) is 5.41. The van der Waals surface area contributed by atoms with Crippen LogP contribution in [0, 0.1) is 0 Å². The van der Waals surface area contributed by atoms with Crippen LogP contribution < -0.4 is 21.3 Å². The molecule has 7 heteroatoms. The largest absolute Gasteiger partial charge is 0.490 e. The standard InChI is InChI=1S/C14H26N6O/c1-11-6-3-4-8-20(11)9-5-7-16-13-12(21-2)14(19-15)18-10-17-13/h10-11H,3-9,15H2,1-2H3,(H2,16,17,18,19). The van der Waals surface area contributed by atoms with Crippen LogP contribution in [0.25, 0.3) is 0 Å². The molecule has 1 unspecified atom stereocenters. The van der Waals surface area contributed by atoms with Crippen LogP contribution in [0.4, 0.5) is 11.6 Å². The van der Waals surface area contributed by atoms with Gasteiger partial charge in [0.05, 0.1) is 7.11 Å². The van der Waals surface area contributed by atoms with Gasteiger partial charge in [-0.15, -0.1) is 0 Å². The van der Waals surface area contributed by atoms with Gasteiger partial charge in [-0.2, -0.15) is 0 Å². The Morgan fingerprint density at radius 1 is 1.38 bits per heavy atom. The van der Waals surface area contributed by atoms with E-state index in [0.717, 1.165) is 19.5 Å². The number of nitrogens with zero attached hydrogens (tertiary/aromatic N) is 3. The summed E-state index contributed by atoms with van der Waals surface area (Å²) in [4.78, 5) is 10.8. The highest BCUT2D eigenvalue weighted by atomic mass is 16.5. The maximum atomic E-state index is 5.41. The van der Waals surface area contributed by atoms with E-state index in [0.29, 0.717) is 23.4 Å². The molecule has 0 aliphatic carbocycles. The summed E-state index contributed by atoms with van der Waals surface area (Å²) in [5.74, 6) is 7.11. The molecular weight excluding hydrogens is 268 g/mol. The van der Waals surface area contributed by atoms with Crippen LogP contribution >= 0.6 is 0 Å². The minimum Gasteiger partial charge on any atom is -0.490 e. The average molecular weight is 294 g/mol. The molecule has 0 saturated carbocycles. The summed E-state index contributed by atoms with van der Waals surface area (Å²) in [6.07, 6.45) is 6.54. The Morgan fingerprint density at radius 2 is 2.19 bits per heavy atom. The number of aromatic nitrogens is 2. The van der Waals surface area contributed by atoms with Crippen molar-refractivity contribution >= 4 is 11.6 Å². The Morgan fingerprint density at radius 3 is 2.90 bits per heavy atom. The van der Waals surface area contributed by atoms with Crippen LogP contribution in [0.3, 0.4) is 0 Å². The van der Waals surface area contributed by atoms with Gasteiger partial charge in [-0.3, -0.25) is 0 Å². The Bertz CT molecular complexity index is 441. The number of nitrogen functional groups attached to an aromatic ring is 1. The van der Waals surface area contributed by atoms with Crippen molar-refractivity contribution in [1.82, 2.24) is 14.9 Å². The zero-order chi connectivity index (χ0) is 15.1. The van der Waals surface area contributed by atoms with Crippen molar-refractivity contribution in [2.45, 2.75) is 38.6 Å². The first kappa shape index (κ1) is 15.8. The molecule has 1 aliphatic rings. The third kappa shape index (κ3) is 4.18. The molecule has 0 radical (unpaired) electrons. The number of ether oxygens (including phenoxy) is 1. The minimum atomic E-state index is 0.486. The minimum absolute atomic E-state index is 0.486. The molecule has 0 spiro atoms. The molecule has 118 valence electrons. The summed E-state index contributed by atoms with van der Waals surface area (Å²) in [6, 6.07) is 0.709. The van der Waals surface area contributed by atoms with E-state index in [-0.39, 0.29) is 0 Å². The second-order valence-electron chi connectivity index (χ2n) is 5.41. The quantitative estimate of drug-likeness (QED) is 0.398. The molecule has 1 aliphatic heterocycles. The second kappa shape index (κ2) is 7.99. The molecule has 4 N–H and O–H groups in total. The normalized spacial score (nSPS) is 19.3. The SMILES string of the molecule is COc1c(NN)ncnc1NCCCN1CCCCC1C. The van der Waals surface area contributed by atoms with Crippen molar-refractivity contribution in [3.8, 4) is 5.75 Å². The van der Waals surface area contributed by atoms with Gasteiger partial charge in [0, 0.05) is 19.1 Å². The van der Waals surface area contributed by atoms with Gasteiger partial charge in [-0.25, -0.2) is 15.8 Å². The van der Waals surface area contributed by atoms with Gasteiger partial charge >= 0.3 is 0 Å².